The lowest BCUT2D eigenvalue weighted by atomic mass is 9.90. The van der Waals surface area contributed by atoms with E-state index in [9.17, 15) is 4.79 Å². The van der Waals surface area contributed by atoms with Crippen molar-refractivity contribution in [3.63, 3.8) is 0 Å². The zero-order valence-corrected chi connectivity index (χ0v) is 9.62. The largest absolute Gasteiger partial charge is 0.304 e. The zero-order valence-electron chi connectivity index (χ0n) is 9.62. The molecule has 0 heterocycles. The summed E-state index contributed by atoms with van der Waals surface area (Å²) in [6.45, 7) is 8.10. The molecule has 15 heavy (non-hydrogen) atoms. The van der Waals surface area contributed by atoms with E-state index >= 15 is 0 Å². The molecule has 2 nitrogen and oxygen atoms in total. The van der Waals surface area contributed by atoms with Crippen LogP contribution in [-0.2, 0) is 0 Å². The van der Waals surface area contributed by atoms with Crippen molar-refractivity contribution < 1.29 is 4.79 Å². The summed E-state index contributed by atoms with van der Waals surface area (Å²) in [5.74, 6) is 0.110. The van der Waals surface area contributed by atoms with E-state index in [1.54, 1.807) is 0 Å². The highest BCUT2D eigenvalue weighted by molar-refractivity contribution is 6.26. The Labute approximate surface area is 89.8 Å². The van der Waals surface area contributed by atoms with Crippen LogP contribution in [0.4, 0.5) is 0 Å². The third kappa shape index (κ3) is 1.17. The predicted octanol–water partition coefficient (Wildman–Crippen LogP) is 2.87. The molecule has 0 atom stereocenters. The molecule has 2 rings (SSSR count). The van der Waals surface area contributed by atoms with Gasteiger partial charge in [-0.25, -0.2) is 0 Å². The normalized spacial score (nSPS) is 14.7. The minimum Gasteiger partial charge on any atom is -0.304 e. The molecule has 2 heteroatoms. The third-order valence-electron chi connectivity index (χ3n) is 3.61. The molecule has 1 aliphatic rings. The van der Waals surface area contributed by atoms with Crippen LogP contribution in [0.1, 0.15) is 44.6 Å². The zero-order chi connectivity index (χ0) is 11.3. The second-order valence-corrected chi connectivity index (χ2v) is 4.33. The molecule has 1 aromatic rings. The van der Waals surface area contributed by atoms with E-state index in [4.69, 9.17) is 5.41 Å². The van der Waals surface area contributed by atoms with Gasteiger partial charge in [-0.15, -0.1) is 0 Å². The Bertz CT molecular complexity index is 453. The van der Waals surface area contributed by atoms with Crippen molar-refractivity contribution in [2.45, 2.75) is 34.1 Å². The van der Waals surface area contributed by atoms with Crippen LogP contribution in [-0.4, -0.2) is 11.5 Å². The van der Waals surface area contributed by atoms with Crippen LogP contribution in [0.3, 0.4) is 0 Å². The molecule has 0 unspecified atom stereocenters. The van der Waals surface area contributed by atoms with Gasteiger partial charge in [0, 0.05) is 16.8 Å². The van der Waals surface area contributed by atoms with Crippen LogP contribution >= 0.6 is 0 Å². The number of carbonyl (C=O) groups is 1. The van der Waals surface area contributed by atoms with Gasteiger partial charge in [0.25, 0.3) is 0 Å². The van der Waals surface area contributed by atoms with Crippen LogP contribution in [0.25, 0.3) is 0 Å². The van der Waals surface area contributed by atoms with E-state index in [1.165, 1.54) is 11.1 Å². The van der Waals surface area contributed by atoms with E-state index in [2.05, 4.69) is 6.92 Å². The summed E-state index contributed by atoms with van der Waals surface area (Å²) in [6, 6.07) is 0. The molecule has 0 fully saturated rings. The number of benzene rings is 1. The molecule has 0 saturated heterocycles. The minimum atomic E-state index is 0.110. The summed E-state index contributed by atoms with van der Waals surface area (Å²) >= 11 is 0. The number of hydrogen-bond donors (Lipinski definition) is 1. The average molecular weight is 201 g/mol. The first-order valence-electron chi connectivity index (χ1n) is 5.16. The number of rotatable bonds is 0. The quantitative estimate of drug-likeness (QED) is 0.689. The van der Waals surface area contributed by atoms with E-state index in [0.717, 1.165) is 22.3 Å². The van der Waals surface area contributed by atoms with E-state index in [-0.39, 0.29) is 12.2 Å². The fourth-order valence-electron chi connectivity index (χ4n) is 2.38. The molecule has 0 aromatic heterocycles. The van der Waals surface area contributed by atoms with Crippen molar-refractivity contribution in [1.82, 2.24) is 0 Å². The fourth-order valence-corrected chi connectivity index (χ4v) is 2.38. The minimum absolute atomic E-state index is 0.110. The number of fused-ring (bicyclic) bond motifs is 1. The maximum atomic E-state index is 11.8. The maximum Gasteiger partial charge on any atom is 0.169 e. The summed E-state index contributed by atoms with van der Waals surface area (Å²) in [4.78, 5) is 11.8. The molecule has 78 valence electrons. The Kier molecular flexibility index (Phi) is 2.03. The third-order valence-corrected chi connectivity index (χ3v) is 3.61. The molecule has 0 amide bonds. The first kappa shape index (κ1) is 10.1. The van der Waals surface area contributed by atoms with Crippen LogP contribution in [0.15, 0.2) is 0 Å². The number of carbonyl (C=O) groups excluding carboxylic acids is 1. The standard InChI is InChI=1S/C13H15NO/c1-6-7(2)9(4)13-11(15)5-10(14)12(13)8(6)3/h14H,5H2,1-4H3. The lowest BCUT2D eigenvalue weighted by molar-refractivity contribution is 0.100. The van der Waals surface area contributed by atoms with Gasteiger partial charge in [-0.3, -0.25) is 4.79 Å². The Morgan fingerprint density at radius 3 is 1.87 bits per heavy atom. The monoisotopic (exact) mass is 201 g/mol. The van der Waals surface area contributed by atoms with E-state index < -0.39 is 0 Å². The van der Waals surface area contributed by atoms with Gasteiger partial charge in [0.05, 0.1) is 6.42 Å². The Morgan fingerprint density at radius 1 is 0.867 bits per heavy atom. The molecule has 0 aliphatic heterocycles. The van der Waals surface area contributed by atoms with Gasteiger partial charge in [-0.05, 0) is 49.9 Å². The topological polar surface area (TPSA) is 40.9 Å². The summed E-state index contributed by atoms with van der Waals surface area (Å²) in [6.07, 6.45) is 0.278. The highest BCUT2D eigenvalue weighted by Gasteiger charge is 2.29. The SMILES string of the molecule is Cc1c(C)c(C)c2c(c1C)C(=N)CC2=O. The van der Waals surface area contributed by atoms with Crippen LogP contribution < -0.4 is 0 Å². The smallest absolute Gasteiger partial charge is 0.169 e. The van der Waals surface area contributed by atoms with Gasteiger partial charge < -0.3 is 5.41 Å². The van der Waals surface area contributed by atoms with E-state index in [1.807, 2.05) is 20.8 Å². The average Bonchev–Trinajstić information content (AvgIpc) is 2.47. The van der Waals surface area contributed by atoms with Crippen LogP contribution in [0.2, 0.25) is 0 Å². The number of Topliss-reactive ketones (excluding diaryl/α,β-unsaturated/α-hetero) is 1. The molecule has 1 aromatic carbocycles. The molecular weight excluding hydrogens is 186 g/mol. The molecule has 1 aliphatic carbocycles. The first-order valence-corrected chi connectivity index (χ1v) is 5.16. The van der Waals surface area contributed by atoms with Gasteiger partial charge in [-0.1, -0.05) is 0 Å². The van der Waals surface area contributed by atoms with E-state index in [0.29, 0.717) is 5.71 Å². The highest BCUT2D eigenvalue weighted by atomic mass is 16.1. The highest BCUT2D eigenvalue weighted by Crippen LogP contribution is 2.32. The Hall–Kier alpha value is -1.44. The lowest BCUT2D eigenvalue weighted by Crippen LogP contribution is -2.04. The number of nitrogens with one attached hydrogen (secondary N) is 1. The van der Waals surface area contributed by atoms with Gasteiger partial charge in [0.2, 0.25) is 0 Å². The molecular formula is C13H15NO. The van der Waals surface area contributed by atoms with Crippen molar-refractivity contribution in [1.29, 1.82) is 5.41 Å². The summed E-state index contributed by atoms with van der Waals surface area (Å²) in [7, 11) is 0. The van der Waals surface area contributed by atoms with Crippen molar-refractivity contribution in [3.05, 3.63) is 33.4 Å². The maximum absolute atomic E-state index is 11.8. The van der Waals surface area contributed by atoms with Crippen molar-refractivity contribution in [2.24, 2.45) is 0 Å². The van der Waals surface area contributed by atoms with Gasteiger partial charge >= 0.3 is 0 Å². The lowest BCUT2D eigenvalue weighted by Gasteiger charge is -2.14. The second-order valence-electron chi connectivity index (χ2n) is 4.33. The molecule has 1 N–H and O–H groups in total. The first-order chi connectivity index (χ1) is 6.95. The van der Waals surface area contributed by atoms with Gasteiger partial charge in [0.15, 0.2) is 5.78 Å². The fraction of sp³-hybridized carbons (Fsp3) is 0.385. The van der Waals surface area contributed by atoms with Gasteiger partial charge in [0.1, 0.15) is 0 Å². The molecule has 0 radical (unpaired) electrons. The molecule has 0 saturated carbocycles. The van der Waals surface area contributed by atoms with Crippen LogP contribution in [0, 0.1) is 33.1 Å². The summed E-state index contributed by atoms with van der Waals surface area (Å²) in [5, 5.41) is 7.84. The van der Waals surface area contributed by atoms with Crippen molar-refractivity contribution in [2.75, 3.05) is 0 Å². The van der Waals surface area contributed by atoms with Crippen LogP contribution in [0.5, 0.6) is 0 Å². The van der Waals surface area contributed by atoms with Crippen molar-refractivity contribution in [3.8, 4) is 0 Å². The summed E-state index contributed by atoms with van der Waals surface area (Å²) in [5.41, 5.74) is 6.73. The number of hydrogen-bond acceptors (Lipinski definition) is 2. The Morgan fingerprint density at radius 2 is 1.33 bits per heavy atom. The predicted molar refractivity (Wildman–Crippen MR) is 61.2 cm³/mol. The van der Waals surface area contributed by atoms with Gasteiger partial charge in [-0.2, -0.15) is 0 Å². The second kappa shape index (κ2) is 3.02. The molecule has 0 bridgehead atoms. The molecule has 0 spiro atoms. The summed E-state index contributed by atoms with van der Waals surface area (Å²) < 4.78 is 0. The van der Waals surface area contributed by atoms with Crippen molar-refractivity contribution >= 4 is 11.5 Å². The Balaban J connectivity index is 2.92. The number of ketones is 1.